The maximum Gasteiger partial charge on any atom is 0.120 e. The Bertz CT molecular complexity index is 497. The van der Waals surface area contributed by atoms with E-state index in [4.69, 9.17) is 4.74 Å². The molecule has 0 saturated heterocycles. The van der Waals surface area contributed by atoms with Crippen molar-refractivity contribution in [2.24, 2.45) is 0 Å². The number of rotatable bonds is 6. The number of thiazole rings is 1. The molecule has 1 aromatic carbocycles. The fourth-order valence-corrected chi connectivity index (χ4v) is 2.38. The molecular weight excluding hydrogens is 256 g/mol. The summed E-state index contributed by atoms with van der Waals surface area (Å²) in [6.45, 7) is 7.09. The Morgan fingerprint density at radius 3 is 2.84 bits per heavy atom. The fourth-order valence-electron chi connectivity index (χ4n) is 1.83. The number of hydrogen-bond donors (Lipinski definition) is 1. The molecule has 1 atom stereocenters. The average Bonchev–Trinajstić information content (AvgIpc) is 2.88. The molecule has 2 aromatic rings. The van der Waals surface area contributed by atoms with E-state index in [1.807, 2.05) is 37.7 Å². The van der Waals surface area contributed by atoms with Crippen molar-refractivity contribution >= 4 is 11.3 Å². The molecule has 1 N–H and O–H groups in total. The SMILES string of the molecule is CC(C)Oc1cccc(C(C)NCc2cncs2)c1. The molecule has 0 saturated carbocycles. The van der Waals surface area contributed by atoms with Crippen LogP contribution in [0, 0.1) is 0 Å². The molecule has 3 nitrogen and oxygen atoms in total. The van der Waals surface area contributed by atoms with Gasteiger partial charge in [-0.1, -0.05) is 12.1 Å². The highest BCUT2D eigenvalue weighted by Crippen LogP contribution is 2.20. The summed E-state index contributed by atoms with van der Waals surface area (Å²) in [6, 6.07) is 8.55. The van der Waals surface area contributed by atoms with E-state index in [0.717, 1.165) is 12.3 Å². The molecule has 2 rings (SSSR count). The maximum atomic E-state index is 5.72. The first kappa shape index (κ1) is 14.0. The monoisotopic (exact) mass is 276 g/mol. The molecule has 1 heterocycles. The summed E-state index contributed by atoms with van der Waals surface area (Å²) in [5, 5.41) is 3.50. The molecule has 0 aliphatic heterocycles. The molecule has 4 heteroatoms. The third-order valence-corrected chi connectivity index (χ3v) is 3.58. The summed E-state index contributed by atoms with van der Waals surface area (Å²) in [6.07, 6.45) is 2.11. The lowest BCUT2D eigenvalue weighted by Crippen LogP contribution is -2.17. The van der Waals surface area contributed by atoms with E-state index < -0.39 is 0 Å². The summed E-state index contributed by atoms with van der Waals surface area (Å²) in [5.41, 5.74) is 3.10. The molecule has 102 valence electrons. The first-order valence-corrected chi connectivity index (χ1v) is 7.40. The van der Waals surface area contributed by atoms with Gasteiger partial charge in [-0.3, -0.25) is 4.98 Å². The summed E-state index contributed by atoms with van der Waals surface area (Å²) in [7, 11) is 0. The Morgan fingerprint density at radius 2 is 2.16 bits per heavy atom. The minimum absolute atomic E-state index is 0.204. The zero-order chi connectivity index (χ0) is 13.7. The first-order valence-electron chi connectivity index (χ1n) is 6.52. The number of nitrogens with one attached hydrogen (secondary N) is 1. The standard InChI is InChI=1S/C15H20N2OS/c1-11(2)18-14-6-4-5-13(7-14)12(3)17-9-15-8-16-10-19-15/h4-8,10-12,17H,9H2,1-3H3. The lowest BCUT2D eigenvalue weighted by Gasteiger charge is -2.16. The van der Waals surface area contributed by atoms with Crippen molar-refractivity contribution in [1.82, 2.24) is 10.3 Å². The molecule has 0 fully saturated rings. The molecule has 0 spiro atoms. The highest BCUT2D eigenvalue weighted by molar-refractivity contribution is 7.09. The van der Waals surface area contributed by atoms with Crippen molar-refractivity contribution in [3.63, 3.8) is 0 Å². The quantitative estimate of drug-likeness (QED) is 0.872. The van der Waals surface area contributed by atoms with E-state index in [9.17, 15) is 0 Å². The van der Waals surface area contributed by atoms with Crippen LogP contribution in [-0.4, -0.2) is 11.1 Å². The second-order valence-electron chi connectivity index (χ2n) is 4.81. The van der Waals surface area contributed by atoms with Crippen molar-refractivity contribution in [2.75, 3.05) is 0 Å². The topological polar surface area (TPSA) is 34.1 Å². The average molecular weight is 276 g/mol. The van der Waals surface area contributed by atoms with Crippen LogP contribution in [-0.2, 0) is 6.54 Å². The Labute approximate surface area is 118 Å². The van der Waals surface area contributed by atoms with Crippen LogP contribution < -0.4 is 10.1 Å². The van der Waals surface area contributed by atoms with Gasteiger partial charge in [-0.05, 0) is 38.5 Å². The van der Waals surface area contributed by atoms with Crippen LogP contribution in [0.4, 0.5) is 0 Å². The van der Waals surface area contributed by atoms with Crippen molar-refractivity contribution in [3.8, 4) is 5.75 Å². The van der Waals surface area contributed by atoms with Crippen molar-refractivity contribution in [1.29, 1.82) is 0 Å². The molecule has 0 amide bonds. The van der Waals surface area contributed by atoms with Gasteiger partial charge in [-0.25, -0.2) is 0 Å². The van der Waals surface area contributed by atoms with Crippen LogP contribution in [0.5, 0.6) is 5.75 Å². The van der Waals surface area contributed by atoms with E-state index in [1.54, 1.807) is 11.3 Å². The van der Waals surface area contributed by atoms with E-state index in [2.05, 4.69) is 29.4 Å². The van der Waals surface area contributed by atoms with Gasteiger partial charge in [0, 0.05) is 23.7 Å². The van der Waals surface area contributed by atoms with Crippen LogP contribution >= 0.6 is 11.3 Å². The summed E-state index contributed by atoms with van der Waals surface area (Å²) in [4.78, 5) is 5.33. The van der Waals surface area contributed by atoms with Crippen LogP contribution in [0.25, 0.3) is 0 Å². The molecule has 19 heavy (non-hydrogen) atoms. The minimum Gasteiger partial charge on any atom is -0.491 e. The van der Waals surface area contributed by atoms with Crippen molar-refractivity contribution in [2.45, 2.75) is 39.5 Å². The smallest absolute Gasteiger partial charge is 0.120 e. The van der Waals surface area contributed by atoms with Crippen LogP contribution in [0.3, 0.4) is 0 Å². The highest BCUT2D eigenvalue weighted by atomic mass is 32.1. The zero-order valence-electron chi connectivity index (χ0n) is 11.6. The second kappa shape index (κ2) is 6.68. The molecule has 0 aliphatic carbocycles. The van der Waals surface area contributed by atoms with Gasteiger partial charge in [-0.2, -0.15) is 0 Å². The second-order valence-corrected chi connectivity index (χ2v) is 5.78. The zero-order valence-corrected chi connectivity index (χ0v) is 12.4. The van der Waals surface area contributed by atoms with E-state index >= 15 is 0 Å². The Balaban J connectivity index is 1.96. The lowest BCUT2D eigenvalue weighted by atomic mass is 10.1. The van der Waals surface area contributed by atoms with E-state index in [1.165, 1.54) is 10.4 Å². The van der Waals surface area contributed by atoms with Gasteiger partial charge >= 0.3 is 0 Å². The summed E-state index contributed by atoms with van der Waals surface area (Å²) < 4.78 is 5.72. The predicted octanol–water partition coefficient (Wildman–Crippen LogP) is 3.78. The normalized spacial score (nSPS) is 12.6. The van der Waals surface area contributed by atoms with E-state index in [0.29, 0.717) is 0 Å². The van der Waals surface area contributed by atoms with Gasteiger partial charge in [0.2, 0.25) is 0 Å². The third-order valence-electron chi connectivity index (χ3n) is 2.80. The maximum absolute atomic E-state index is 5.72. The Kier molecular flexibility index (Phi) is 4.93. The van der Waals surface area contributed by atoms with Gasteiger partial charge in [0.15, 0.2) is 0 Å². The largest absolute Gasteiger partial charge is 0.491 e. The number of benzene rings is 1. The molecular formula is C15H20N2OS. The van der Waals surface area contributed by atoms with Crippen LogP contribution in [0.1, 0.15) is 37.3 Å². The van der Waals surface area contributed by atoms with Crippen LogP contribution in [0.15, 0.2) is 36.0 Å². The van der Waals surface area contributed by atoms with Crippen molar-refractivity contribution in [3.05, 3.63) is 46.4 Å². The molecule has 1 aromatic heterocycles. The first-order chi connectivity index (χ1) is 9.15. The minimum atomic E-state index is 0.204. The fraction of sp³-hybridized carbons (Fsp3) is 0.400. The van der Waals surface area contributed by atoms with Crippen molar-refractivity contribution < 1.29 is 4.74 Å². The number of hydrogen-bond acceptors (Lipinski definition) is 4. The van der Waals surface area contributed by atoms with Crippen LogP contribution in [0.2, 0.25) is 0 Å². The summed E-state index contributed by atoms with van der Waals surface area (Å²) >= 11 is 1.67. The molecule has 1 unspecified atom stereocenters. The molecule has 0 bridgehead atoms. The van der Waals surface area contributed by atoms with Gasteiger partial charge < -0.3 is 10.1 Å². The van der Waals surface area contributed by atoms with E-state index in [-0.39, 0.29) is 12.1 Å². The third kappa shape index (κ3) is 4.33. The van der Waals surface area contributed by atoms with Gasteiger partial charge in [0.1, 0.15) is 5.75 Å². The number of aromatic nitrogens is 1. The predicted molar refractivity (Wildman–Crippen MR) is 79.6 cm³/mol. The molecule has 0 aliphatic rings. The highest BCUT2D eigenvalue weighted by Gasteiger charge is 2.07. The number of ether oxygens (including phenoxy) is 1. The molecule has 0 radical (unpaired) electrons. The Hall–Kier alpha value is -1.39. The van der Waals surface area contributed by atoms with Gasteiger partial charge in [-0.15, -0.1) is 11.3 Å². The van der Waals surface area contributed by atoms with Gasteiger partial charge in [0.25, 0.3) is 0 Å². The Morgan fingerprint density at radius 1 is 1.32 bits per heavy atom. The summed E-state index contributed by atoms with van der Waals surface area (Å²) in [5.74, 6) is 0.930. The lowest BCUT2D eigenvalue weighted by molar-refractivity contribution is 0.242. The van der Waals surface area contributed by atoms with Gasteiger partial charge in [0.05, 0.1) is 11.6 Å². The number of nitrogens with zero attached hydrogens (tertiary/aromatic N) is 1.